The maximum Gasteiger partial charge on any atom is 0.159 e. The first-order chi connectivity index (χ1) is 11.6. The Labute approximate surface area is 147 Å². The fourth-order valence-corrected chi connectivity index (χ4v) is 4.27. The van der Waals surface area contributed by atoms with Crippen LogP contribution in [0.4, 0.5) is 8.78 Å². The molecule has 1 aromatic carbocycles. The fourth-order valence-electron chi connectivity index (χ4n) is 4.27. The molecule has 1 fully saturated rings. The van der Waals surface area contributed by atoms with E-state index in [0.717, 1.165) is 36.2 Å². The van der Waals surface area contributed by atoms with Crippen molar-refractivity contribution in [1.29, 1.82) is 0 Å². The summed E-state index contributed by atoms with van der Waals surface area (Å²) in [6.07, 6.45) is 14.2. The van der Waals surface area contributed by atoms with E-state index in [2.05, 4.69) is 13.8 Å². The molecule has 1 unspecified atom stereocenters. The van der Waals surface area contributed by atoms with Gasteiger partial charge in [0.05, 0.1) is 0 Å². The van der Waals surface area contributed by atoms with Crippen LogP contribution in [0.1, 0.15) is 83.6 Å². The third-order valence-electron chi connectivity index (χ3n) is 5.88. The van der Waals surface area contributed by atoms with E-state index in [9.17, 15) is 8.78 Å². The third kappa shape index (κ3) is 6.53. The van der Waals surface area contributed by atoms with E-state index < -0.39 is 11.6 Å². The molecule has 0 radical (unpaired) electrons. The lowest BCUT2D eigenvalue weighted by Crippen LogP contribution is -2.15. The Kier molecular flexibility index (Phi) is 8.21. The molecule has 0 N–H and O–H groups in total. The van der Waals surface area contributed by atoms with E-state index >= 15 is 0 Å². The van der Waals surface area contributed by atoms with Crippen LogP contribution in [0.15, 0.2) is 18.2 Å². The topological polar surface area (TPSA) is 0 Å². The van der Waals surface area contributed by atoms with Crippen LogP contribution in [0, 0.1) is 29.4 Å². The molecule has 1 atom stereocenters. The molecule has 0 spiro atoms. The number of hydrogen-bond acceptors (Lipinski definition) is 0. The van der Waals surface area contributed by atoms with Crippen molar-refractivity contribution in [2.24, 2.45) is 17.8 Å². The van der Waals surface area contributed by atoms with Crippen LogP contribution in [0.3, 0.4) is 0 Å². The van der Waals surface area contributed by atoms with Gasteiger partial charge in [-0.2, -0.15) is 0 Å². The minimum atomic E-state index is -0.743. The van der Waals surface area contributed by atoms with Crippen LogP contribution in [-0.4, -0.2) is 0 Å². The zero-order chi connectivity index (χ0) is 17.4. The number of halogens is 2. The highest BCUT2D eigenvalue weighted by Crippen LogP contribution is 2.34. The second-order valence-electron chi connectivity index (χ2n) is 8.00. The minimum Gasteiger partial charge on any atom is -0.204 e. The summed E-state index contributed by atoms with van der Waals surface area (Å²) in [4.78, 5) is 0. The van der Waals surface area contributed by atoms with Crippen molar-refractivity contribution in [2.45, 2.75) is 84.5 Å². The monoisotopic (exact) mass is 336 g/mol. The van der Waals surface area contributed by atoms with E-state index in [1.165, 1.54) is 69.9 Å². The predicted octanol–water partition coefficient (Wildman–Crippen LogP) is 7.31. The van der Waals surface area contributed by atoms with Gasteiger partial charge in [0.25, 0.3) is 0 Å². The zero-order valence-electron chi connectivity index (χ0n) is 15.5. The van der Waals surface area contributed by atoms with Crippen molar-refractivity contribution in [1.82, 2.24) is 0 Å². The highest BCUT2D eigenvalue weighted by molar-refractivity contribution is 5.17. The van der Waals surface area contributed by atoms with Crippen molar-refractivity contribution in [3.05, 3.63) is 35.4 Å². The lowest BCUT2D eigenvalue weighted by Gasteiger charge is -2.29. The highest BCUT2D eigenvalue weighted by Gasteiger charge is 2.21. The van der Waals surface area contributed by atoms with Gasteiger partial charge in [-0.25, -0.2) is 8.78 Å². The van der Waals surface area contributed by atoms with E-state index in [4.69, 9.17) is 0 Å². The molecule has 0 bridgehead atoms. The summed E-state index contributed by atoms with van der Waals surface area (Å²) in [5.41, 5.74) is 0.931. The molecule has 0 nitrogen and oxygen atoms in total. The first-order valence-electron chi connectivity index (χ1n) is 10.0. The van der Waals surface area contributed by atoms with Crippen molar-refractivity contribution >= 4 is 0 Å². The largest absolute Gasteiger partial charge is 0.204 e. The molecule has 24 heavy (non-hydrogen) atoms. The zero-order valence-corrected chi connectivity index (χ0v) is 15.5. The standard InChI is InChI=1S/C22H34F2/c1-3-5-17(2)6-4-7-18-8-10-19(11-9-18)12-13-20-14-15-21(23)22(24)16-20/h14-19H,3-13H2,1-2H3. The van der Waals surface area contributed by atoms with Crippen molar-refractivity contribution in [3.8, 4) is 0 Å². The summed E-state index contributed by atoms with van der Waals surface area (Å²) in [7, 11) is 0. The molecule has 2 heteroatoms. The van der Waals surface area contributed by atoms with Gasteiger partial charge in [0.15, 0.2) is 11.6 Å². The van der Waals surface area contributed by atoms with E-state index in [1.54, 1.807) is 6.07 Å². The molecule has 1 saturated carbocycles. The lowest BCUT2D eigenvalue weighted by molar-refractivity contribution is 0.245. The van der Waals surface area contributed by atoms with E-state index in [0.29, 0.717) is 0 Å². The van der Waals surface area contributed by atoms with Gasteiger partial charge in [0, 0.05) is 0 Å². The highest BCUT2D eigenvalue weighted by atomic mass is 19.2. The molecule has 1 aromatic rings. The van der Waals surface area contributed by atoms with Gasteiger partial charge < -0.3 is 0 Å². The quantitative estimate of drug-likeness (QED) is 0.443. The van der Waals surface area contributed by atoms with Crippen LogP contribution in [0.25, 0.3) is 0 Å². The molecule has 0 amide bonds. The smallest absolute Gasteiger partial charge is 0.159 e. The van der Waals surface area contributed by atoms with Gasteiger partial charge in [-0.1, -0.05) is 77.7 Å². The molecule has 0 aromatic heterocycles. The van der Waals surface area contributed by atoms with Crippen LogP contribution in [0.5, 0.6) is 0 Å². The SMILES string of the molecule is CCCC(C)CCCC1CCC(CCc2ccc(F)c(F)c2)CC1. The minimum absolute atomic E-state index is 0.714. The number of benzene rings is 1. The van der Waals surface area contributed by atoms with Crippen LogP contribution in [0.2, 0.25) is 0 Å². The Bertz CT molecular complexity index is 475. The van der Waals surface area contributed by atoms with Gasteiger partial charge in [-0.15, -0.1) is 0 Å². The average molecular weight is 337 g/mol. The molecule has 2 rings (SSSR count). The second-order valence-corrected chi connectivity index (χ2v) is 8.00. The van der Waals surface area contributed by atoms with Crippen molar-refractivity contribution in [3.63, 3.8) is 0 Å². The Balaban J connectivity index is 1.61. The maximum absolute atomic E-state index is 13.2. The third-order valence-corrected chi connectivity index (χ3v) is 5.88. The average Bonchev–Trinajstić information content (AvgIpc) is 2.57. The Morgan fingerprint density at radius 1 is 0.958 bits per heavy atom. The number of hydrogen-bond donors (Lipinski definition) is 0. The summed E-state index contributed by atoms with van der Waals surface area (Å²) in [6.45, 7) is 4.66. The van der Waals surface area contributed by atoms with Crippen molar-refractivity contribution < 1.29 is 8.78 Å². The fraction of sp³-hybridized carbons (Fsp3) is 0.727. The van der Waals surface area contributed by atoms with Gasteiger partial charge in [0.1, 0.15) is 0 Å². The van der Waals surface area contributed by atoms with Gasteiger partial charge in [-0.3, -0.25) is 0 Å². The Hall–Kier alpha value is -0.920. The summed E-state index contributed by atoms with van der Waals surface area (Å²) in [5, 5.41) is 0. The molecule has 1 aliphatic carbocycles. The summed E-state index contributed by atoms with van der Waals surface area (Å²) in [6, 6.07) is 4.33. The molecule has 0 aliphatic heterocycles. The van der Waals surface area contributed by atoms with E-state index in [1.807, 2.05) is 0 Å². The maximum atomic E-state index is 13.2. The normalized spacial score (nSPS) is 22.5. The predicted molar refractivity (Wildman–Crippen MR) is 98.1 cm³/mol. The van der Waals surface area contributed by atoms with Gasteiger partial charge >= 0.3 is 0 Å². The first kappa shape index (κ1) is 19.4. The molecule has 0 saturated heterocycles. The Morgan fingerprint density at radius 2 is 1.62 bits per heavy atom. The van der Waals surface area contributed by atoms with Gasteiger partial charge in [0.2, 0.25) is 0 Å². The Morgan fingerprint density at radius 3 is 2.25 bits per heavy atom. The second kappa shape index (κ2) is 10.2. The van der Waals surface area contributed by atoms with Crippen LogP contribution in [-0.2, 0) is 6.42 Å². The molecular weight excluding hydrogens is 302 g/mol. The van der Waals surface area contributed by atoms with Crippen LogP contribution < -0.4 is 0 Å². The summed E-state index contributed by atoms with van der Waals surface area (Å²) in [5.74, 6) is 1.13. The molecule has 136 valence electrons. The summed E-state index contributed by atoms with van der Waals surface area (Å²) < 4.78 is 26.2. The lowest BCUT2D eigenvalue weighted by atomic mass is 9.77. The molecule has 1 aliphatic rings. The first-order valence-corrected chi connectivity index (χ1v) is 10.0. The number of aryl methyl sites for hydroxylation is 1. The molecule has 0 heterocycles. The van der Waals surface area contributed by atoms with Crippen molar-refractivity contribution in [2.75, 3.05) is 0 Å². The summed E-state index contributed by atoms with van der Waals surface area (Å²) >= 11 is 0. The number of rotatable bonds is 9. The van der Waals surface area contributed by atoms with E-state index in [-0.39, 0.29) is 0 Å². The molecular formula is C22H34F2. The van der Waals surface area contributed by atoms with Crippen LogP contribution >= 0.6 is 0 Å². The van der Waals surface area contributed by atoms with Gasteiger partial charge in [-0.05, 0) is 48.3 Å².